The average Bonchev–Trinajstić information content (AvgIpc) is 2.69. The van der Waals surface area contributed by atoms with Crippen LogP contribution in [0, 0.1) is 0 Å². The van der Waals surface area contributed by atoms with Crippen LogP contribution >= 0.6 is 0 Å². The second-order valence-electron chi connectivity index (χ2n) is 4.82. The van der Waals surface area contributed by atoms with Crippen LogP contribution < -0.4 is 20.4 Å². The van der Waals surface area contributed by atoms with Gasteiger partial charge in [0.2, 0.25) is 0 Å². The fourth-order valence-electron chi connectivity index (χ4n) is 0.981. The molecule has 0 saturated heterocycles. The van der Waals surface area contributed by atoms with Crippen molar-refractivity contribution in [1.82, 2.24) is 0 Å². The van der Waals surface area contributed by atoms with Crippen LogP contribution in [0.25, 0.3) is 0 Å². The van der Waals surface area contributed by atoms with Crippen LogP contribution in [-0.2, 0) is 38.7 Å². The molecule has 0 heterocycles. The van der Waals surface area contributed by atoms with E-state index in [1.54, 1.807) is 76.3 Å². The summed E-state index contributed by atoms with van der Waals surface area (Å²) in [5.74, 6) is -4.66. The number of carbonyl (C=O) groups excluding carboxylic acids is 4. The number of carboxylic acid groups (broad SMARTS) is 4. The van der Waals surface area contributed by atoms with Gasteiger partial charge in [0, 0.05) is 0 Å². The van der Waals surface area contributed by atoms with Crippen LogP contribution in [0.15, 0.2) is 97.2 Å². The minimum Gasteiger partial charge on any atom is -0.545 e. The summed E-state index contributed by atoms with van der Waals surface area (Å²) in [6.45, 7) is 7.22. The average molecular weight is 546 g/mol. The summed E-state index contributed by atoms with van der Waals surface area (Å²) < 4.78 is 0. The first-order valence-electron chi connectivity index (χ1n) is 9.10. The van der Waals surface area contributed by atoms with Crippen molar-refractivity contribution < 1.29 is 59.1 Å². The molecule has 8 nitrogen and oxygen atoms in total. The summed E-state index contributed by atoms with van der Waals surface area (Å²) in [6, 6.07) is 0. The molecule has 0 fully saturated rings. The number of aliphatic carboxylic acids is 4. The topological polar surface area (TPSA) is 161 Å². The van der Waals surface area contributed by atoms with Gasteiger partial charge in [-0.1, -0.05) is 72.9 Å². The van der Waals surface area contributed by atoms with E-state index in [0.717, 1.165) is 24.3 Å². The van der Waals surface area contributed by atoms with Gasteiger partial charge in [0.05, 0.1) is 23.9 Å². The standard InChI is InChI=1S/4C6H8O2.Ru/c4*1-2-3-4-5-6(7)8;/h4*2-5H,1H3,(H,7,8);/q;;;;+4/p-4. The van der Waals surface area contributed by atoms with Crippen molar-refractivity contribution in [3.05, 3.63) is 97.2 Å². The van der Waals surface area contributed by atoms with Crippen molar-refractivity contribution in [2.45, 2.75) is 27.7 Å². The molecule has 0 aromatic carbocycles. The summed E-state index contributed by atoms with van der Waals surface area (Å²) in [4.78, 5) is 38.6. The van der Waals surface area contributed by atoms with Gasteiger partial charge in [-0.05, 0) is 52.0 Å². The molecule has 0 N–H and O–H groups in total. The number of hydrogen-bond donors (Lipinski definition) is 0. The van der Waals surface area contributed by atoms with E-state index in [1.165, 1.54) is 24.3 Å². The van der Waals surface area contributed by atoms with E-state index in [4.69, 9.17) is 0 Å². The quantitative estimate of drug-likeness (QED) is 0.224. The van der Waals surface area contributed by atoms with E-state index < -0.39 is 23.9 Å². The third-order valence-electron chi connectivity index (χ3n) is 2.14. The zero-order valence-electron chi connectivity index (χ0n) is 18.9. The van der Waals surface area contributed by atoms with Crippen LogP contribution in [0.3, 0.4) is 0 Å². The fraction of sp³-hybridized carbons (Fsp3) is 0.167. The zero-order chi connectivity index (χ0) is 25.6. The van der Waals surface area contributed by atoms with E-state index in [9.17, 15) is 39.6 Å². The summed E-state index contributed by atoms with van der Waals surface area (Å²) in [6.07, 6.45) is 23.0. The van der Waals surface area contributed by atoms with Crippen LogP contribution in [0.5, 0.6) is 0 Å². The molecule has 0 amide bonds. The van der Waals surface area contributed by atoms with Crippen molar-refractivity contribution in [3.8, 4) is 0 Å². The molecular weight excluding hydrogens is 517 g/mol. The molecule has 0 rings (SSSR count). The maximum atomic E-state index is 9.64. The molecule has 0 unspecified atom stereocenters. The molecule has 0 spiro atoms. The molecule has 33 heavy (non-hydrogen) atoms. The van der Waals surface area contributed by atoms with Gasteiger partial charge >= 0.3 is 19.5 Å². The number of carbonyl (C=O) groups is 4. The van der Waals surface area contributed by atoms with Gasteiger partial charge in [-0.3, -0.25) is 0 Å². The molecule has 9 heteroatoms. The maximum Gasteiger partial charge on any atom is 4.00 e. The van der Waals surface area contributed by atoms with Gasteiger partial charge in [0.15, 0.2) is 0 Å². The third-order valence-corrected chi connectivity index (χ3v) is 2.14. The molecule has 0 radical (unpaired) electrons. The number of allylic oxidation sites excluding steroid dienone is 12. The molecule has 0 saturated carbocycles. The molecule has 0 atom stereocenters. The summed E-state index contributed by atoms with van der Waals surface area (Å²) in [5.41, 5.74) is 0. The first-order valence-corrected chi connectivity index (χ1v) is 9.10. The van der Waals surface area contributed by atoms with E-state index in [-0.39, 0.29) is 19.5 Å². The van der Waals surface area contributed by atoms with Gasteiger partial charge < -0.3 is 39.6 Å². The molecular formula is C24H28O8Ru. The smallest absolute Gasteiger partial charge is 0.545 e. The van der Waals surface area contributed by atoms with Crippen molar-refractivity contribution in [2.75, 3.05) is 0 Å². The minimum atomic E-state index is -1.16. The Labute approximate surface area is 207 Å². The predicted molar refractivity (Wildman–Crippen MR) is 116 cm³/mol. The van der Waals surface area contributed by atoms with Crippen molar-refractivity contribution >= 4 is 23.9 Å². The van der Waals surface area contributed by atoms with Gasteiger partial charge in [0.1, 0.15) is 0 Å². The van der Waals surface area contributed by atoms with Crippen LogP contribution in [0.2, 0.25) is 0 Å². The van der Waals surface area contributed by atoms with E-state index in [1.807, 2.05) is 0 Å². The van der Waals surface area contributed by atoms with Crippen LogP contribution in [0.4, 0.5) is 0 Å². The Bertz CT molecular complexity index is 624. The Morgan fingerprint density at radius 1 is 0.394 bits per heavy atom. The second kappa shape index (κ2) is 35.8. The second-order valence-corrected chi connectivity index (χ2v) is 4.82. The molecule has 0 aliphatic heterocycles. The Morgan fingerprint density at radius 3 is 0.636 bits per heavy atom. The SMILES string of the molecule is CC=CC=CC(=O)[O-].CC=CC=CC(=O)[O-].CC=CC=CC(=O)[O-].CC=CC=CC(=O)[O-].[Ru+4]. The Balaban J connectivity index is -0.000000105. The normalized spacial score (nSPS) is 10.8. The van der Waals surface area contributed by atoms with Gasteiger partial charge in [-0.15, -0.1) is 0 Å². The van der Waals surface area contributed by atoms with E-state index >= 15 is 0 Å². The fourth-order valence-corrected chi connectivity index (χ4v) is 0.981. The molecule has 0 aromatic rings. The van der Waals surface area contributed by atoms with Gasteiger partial charge in [-0.25, -0.2) is 0 Å². The van der Waals surface area contributed by atoms with Gasteiger partial charge in [0.25, 0.3) is 0 Å². The summed E-state index contributed by atoms with van der Waals surface area (Å²) in [5, 5.41) is 38.6. The minimum absolute atomic E-state index is 0. The Morgan fingerprint density at radius 2 is 0.545 bits per heavy atom. The monoisotopic (exact) mass is 546 g/mol. The zero-order valence-corrected chi connectivity index (χ0v) is 20.6. The Kier molecular flexibility index (Phi) is 43.3. The van der Waals surface area contributed by atoms with Crippen LogP contribution in [0.1, 0.15) is 27.7 Å². The van der Waals surface area contributed by atoms with E-state index in [2.05, 4.69) is 0 Å². The molecule has 0 aliphatic carbocycles. The van der Waals surface area contributed by atoms with Crippen molar-refractivity contribution in [1.29, 1.82) is 0 Å². The third kappa shape index (κ3) is 73.6. The molecule has 0 aliphatic rings. The predicted octanol–water partition coefficient (Wildman–Crippen LogP) is -0.528. The van der Waals surface area contributed by atoms with Crippen molar-refractivity contribution in [2.24, 2.45) is 0 Å². The maximum absolute atomic E-state index is 9.64. The number of carboxylic acids is 4. The Hall–Kier alpha value is -3.58. The molecule has 0 aromatic heterocycles. The van der Waals surface area contributed by atoms with E-state index in [0.29, 0.717) is 0 Å². The number of hydrogen-bond acceptors (Lipinski definition) is 8. The first kappa shape index (κ1) is 39.9. The first-order chi connectivity index (χ1) is 15.1. The largest absolute Gasteiger partial charge is 4.00 e. The molecule has 180 valence electrons. The summed E-state index contributed by atoms with van der Waals surface area (Å²) >= 11 is 0. The van der Waals surface area contributed by atoms with Crippen molar-refractivity contribution in [3.63, 3.8) is 0 Å². The van der Waals surface area contributed by atoms with Crippen LogP contribution in [-0.4, -0.2) is 23.9 Å². The number of rotatable bonds is 8. The van der Waals surface area contributed by atoms with Gasteiger partial charge in [-0.2, -0.15) is 0 Å². The molecule has 0 bridgehead atoms. The summed E-state index contributed by atoms with van der Waals surface area (Å²) in [7, 11) is 0.